The number of ether oxygens (including phenoxy) is 2. The highest BCUT2D eigenvalue weighted by Gasteiger charge is 2.43. The molecule has 39 heavy (non-hydrogen) atoms. The Morgan fingerprint density at radius 2 is 1.82 bits per heavy atom. The Labute approximate surface area is 226 Å². The van der Waals surface area contributed by atoms with Crippen LogP contribution >= 0.6 is 0 Å². The number of hydrazine groups is 1. The van der Waals surface area contributed by atoms with E-state index in [0.717, 1.165) is 11.6 Å². The number of hydrogen-bond donors (Lipinski definition) is 3. The second-order valence-electron chi connectivity index (χ2n) is 9.11. The zero-order chi connectivity index (χ0) is 27.5. The molecule has 0 spiro atoms. The predicted octanol–water partition coefficient (Wildman–Crippen LogP) is 4.21. The molecule has 0 saturated carbocycles. The van der Waals surface area contributed by atoms with Crippen molar-refractivity contribution in [3.05, 3.63) is 107 Å². The van der Waals surface area contributed by atoms with Crippen molar-refractivity contribution in [3.63, 3.8) is 0 Å². The van der Waals surface area contributed by atoms with Crippen molar-refractivity contribution in [3.8, 4) is 5.75 Å². The van der Waals surface area contributed by atoms with E-state index in [4.69, 9.17) is 19.6 Å². The van der Waals surface area contributed by atoms with E-state index in [0.29, 0.717) is 42.2 Å². The number of aliphatic imine (C=N–C) groups is 1. The molecule has 0 saturated heterocycles. The number of nitrogens with zero attached hydrogens (tertiary/aromatic N) is 1. The summed E-state index contributed by atoms with van der Waals surface area (Å²) < 4.78 is 38.4. The van der Waals surface area contributed by atoms with Gasteiger partial charge in [-0.1, -0.05) is 42.5 Å². The third kappa shape index (κ3) is 7.95. The Morgan fingerprint density at radius 1 is 1.08 bits per heavy atom. The van der Waals surface area contributed by atoms with E-state index in [-0.39, 0.29) is 32.1 Å². The Balaban J connectivity index is 1.44. The molecule has 1 aliphatic rings. The Morgan fingerprint density at radius 3 is 2.54 bits per heavy atom. The van der Waals surface area contributed by atoms with Gasteiger partial charge >= 0.3 is 0 Å². The minimum absolute atomic E-state index is 0.0405. The lowest BCUT2D eigenvalue weighted by Crippen LogP contribution is -2.51. The minimum atomic E-state index is -1.21. The fourth-order valence-electron chi connectivity index (χ4n) is 4.03. The van der Waals surface area contributed by atoms with Crippen LogP contribution in [0.5, 0.6) is 5.75 Å². The van der Waals surface area contributed by atoms with Crippen molar-refractivity contribution in [2.75, 3.05) is 26.4 Å². The molecule has 4 rings (SSSR count). The van der Waals surface area contributed by atoms with Crippen LogP contribution < -0.4 is 15.6 Å². The second-order valence-corrected chi connectivity index (χ2v) is 9.11. The Kier molecular flexibility index (Phi) is 9.77. The van der Waals surface area contributed by atoms with E-state index >= 15 is 0 Å². The molecule has 1 amide bonds. The average molecular weight is 536 g/mol. The number of nitrogens with one attached hydrogen (secondary N) is 2. The molecule has 0 aliphatic carbocycles. The van der Waals surface area contributed by atoms with E-state index in [2.05, 4.69) is 10.9 Å². The quantitative estimate of drug-likeness (QED) is 0.225. The zero-order valence-electron chi connectivity index (χ0n) is 21.4. The monoisotopic (exact) mass is 535 g/mol. The van der Waals surface area contributed by atoms with Gasteiger partial charge in [0, 0.05) is 37.6 Å². The highest BCUT2D eigenvalue weighted by Crippen LogP contribution is 2.27. The summed E-state index contributed by atoms with van der Waals surface area (Å²) in [5, 5.41) is 8.91. The third-order valence-corrected chi connectivity index (χ3v) is 6.09. The third-order valence-electron chi connectivity index (χ3n) is 6.09. The Bertz CT molecular complexity index is 1280. The van der Waals surface area contributed by atoms with Crippen LogP contribution in [0.15, 0.2) is 83.9 Å². The summed E-state index contributed by atoms with van der Waals surface area (Å²) >= 11 is 0. The second kappa shape index (κ2) is 13.6. The van der Waals surface area contributed by atoms with Crippen molar-refractivity contribution in [2.45, 2.75) is 24.8 Å². The van der Waals surface area contributed by atoms with E-state index < -0.39 is 17.2 Å². The molecule has 1 aliphatic heterocycles. The largest absolute Gasteiger partial charge is 0.494 e. The number of rotatable bonds is 13. The molecule has 3 aromatic carbocycles. The van der Waals surface area contributed by atoms with E-state index in [1.54, 1.807) is 24.3 Å². The van der Waals surface area contributed by atoms with Gasteiger partial charge in [0.05, 0.1) is 6.61 Å². The minimum Gasteiger partial charge on any atom is -0.494 e. The molecule has 0 unspecified atom stereocenters. The predicted molar refractivity (Wildman–Crippen MR) is 145 cm³/mol. The fraction of sp³-hybridized carbons (Fsp3) is 0.267. The number of amides is 1. The summed E-state index contributed by atoms with van der Waals surface area (Å²) in [4.78, 5) is 18.1. The molecule has 0 radical (unpaired) electrons. The summed E-state index contributed by atoms with van der Waals surface area (Å²) in [6, 6.07) is 20.2. The van der Waals surface area contributed by atoms with E-state index in [1.807, 2.05) is 42.5 Å². The average Bonchev–Trinajstić information content (AvgIpc) is 3.37. The summed E-state index contributed by atoms with van der Waals surface area (Å²) in [6.07, 6.45) is 4.95. The van der Waals surface area contributed by atoms with Crippen LogP contribution in [0.1, 0.15) is 29.5 Å². The zero-order valence-corrected chi connectivity index (χ0v) is 21.4. The molecular formula is C30H31F2N3O4. The van der Waals surface area contributed by atoms with Crippen LogP contribution in [0.4, 0.5) is 8.78 Å². The number of hydrogen-bond acceptors (Lipinski definition) is 6. The molecule has 9 heteroatoms. The summed E-state index contributed by atoms with van der Waals surface area (Å²) in [7, 11) is 0. The lowest BCUT2D eigenvalue weighted by molar-refractivity contribution is -0.127. The number of carbonyl (C=O) groups excluding carboxylic acids is 1. The normalized spacial score (nSPS) is 16.6. The van der Waals surface area contributed by atoms with Crippen molar-refractivity contribution >= 4 is 17.9 Å². The molecule has 0 fully saturated rings. The fourth-order valence-corrected chi connectivity index (χ4v) is 4.03. The van der Waals surface area contributed by atoms with Crippen LogP contribution in [0, 0.1) is 11.6 Å². The Hall–Kier alpha value is -4.08. The number of aliphatic hydroxyl groups is 1. The molecule has 1 atom stereocenters. The first-order chi connectivity index (χ1) is 19.0. The first-order valence-corrected chi connectivity index (χ1v) is 12.7. The van der Waals surface area contributed by atoms with Gasteiger partial charge in [0.15, 0.2) is 5.54 Å². The van der Waals surface area contributed by atoms with Gasteiger partial charge in [-0.3, -0.25) is 10.2 Å². The molecule has 1 heterocycles. The lowest BCUT2D eigenvalue weighted by Gasteiger charge is -2.22. The van der Waals surface area contributed by atoms with Crippen LogP contribution in [0.25, 0.3) is 6.08 Å². The molecule has 0 aromatic heterocycles. The van der Waals surface area contributed by atoms with Crippen LogP contribution in [-0.2, 0) is 16.0 Å². The maximum absolute atomic E-state index is 13.4. The lowest BCUT2D eigenvalue weighted by atomic mass is 9.95. The maximum atomic E-state index is 13.4. The first-order valence-electron chi connectivity index (χ1n) is 12.7. The number of benzene rings is 3. The van der Waals surface area contributed by atoms with Gasteiger partial charge in [0.25, 0.3) is 5.91 Å². The van der Waals surface area contributed by atoms with E-state index in [9.17, 15) is 13.6 Å². The van der Waals surface area contributed by atoms with Gasteiger partial charge in [-0.25, -0.2) is 19.2 Å². The number of aliphatic hydroxyl groups excluding tert-OH is 1. The summed E-state index contributed by atoms with van der Waals surface area (Å²) in [6.45, 7) is 0.772. The van der Waals surface area contributed by atoms with Gasteiger partial charge in [0.2, 0.25) is 5.90 Å². The van der Waals surface area contributed by atoms with Crippen molar-refractivity contribution in [1.82, 2.24) is 10.9 Å². The van der Waals surface area contributed by atoms with Crippen LogP contribution in [0.3, 0.4) is 0 Å². The first kappa shape index (κ1) is 27.9. The molecule has 0 bridgehead atoms. The highest BCUT2D eigenvalue weighted by molar-refractivity contribution is 6.00. The van der Waals surface area contributed by atoms with Crippen molar-refractivity contribution in [1.29, 1.82) is 0 Å². The van der Waals surface area contributed by atoms with E-state index in [1.165, 1.54) is 12.1 Å². The number of halogens is 2. The number of carbonyl (C=O) groups is 1. The summed E-state index contributed by atoms with van der Waals surface area (Å²) in [5.74, 6) is -0.677. The van der Waals surface area contributed by atoms with Gasteiger partial charge in [-0.15, -0.1) is 0 Å². The SMILES string of the molecule is O=C(NNCCc1cc(F)cc(F)c1)[C@]1(C/C=C/c2ccccc2)COC(c2ccc(OCCCO)cc2)=N1. The smallest absolute Gasteiger partial charge is 0.266 e. The molecular weight excluding hydrogens is 504 g/mol. The molecule has 204 valence electrons. The molecule has 3 aromatic rings. The molecule has 7 nitrogen and oxygen atoms in total. The standard InChI is InChI=1S/C30H31F2N3O4/c31-25-18-23(19-26(32)20-25)13-15-33-35-29(37)30(14-4-8-22-6-2-1-3-7-22)21-39-28(34-30)24-9-11-27(12-10-24)38-17-5-16-36/h1-4,6-12,18-20,33,36H,5,13-17,21H2,(H,35,37)/b8-4+/t30-/m0/s1. The topological polar surface area (TPSA) is 92.2 Å². The van der Waals surface area contributed by atoms with Gasteiger partial charge in [-0.05, 0) is 53.9 Å². The highest BCUT2D eigenvalue weighted by atomic mass is 19.1. The summed E-state index contributed by atoms with van der Waals surface area (Å²) in [5.41, 5.74) is 6.48. The van der Waals surface area contributed by atoms with Gasteiger partial charge in [-0.2, -0.15) is 0 Å². The van der Waals surface area contributed by atoms with Gasteiger partial charge in [0.1, 0.15) is 24.0 Å². The maximum Gasteiger partial charge on any atom is 0.266 e. The molecule has 3 N–H and O–H groups in total. The van der Waals surface area contributed by atoms with Gasteiger partial charge < -0.3 is 14.6 Å². The van der Waals surface area contributed by atoms with Crippen LogP contribution in [0.2, 0.25) is 0 Å². The van der Waals surface area contributed by atoms with Crippen LogP contribution in [-0.4, -0.2) is 48.8 Å². The van der Waals surface area contributed by atoms with Crippen molar-refractivity contribution < 1.29 is 28.2 Å². The van der Waals surface area contributed by atoms with Crippen molar-refractivity contribution in [2.24, 2.45) is 4.99 Å².